The van der Waals surface area contributed by atoms with Crippen LogP contribution >= 0.6 is 0 Å². The molecule has 0 aliphatic rings. The molecule has 0 fully saturated rings. The van der Waals surface area contributed by atoms with E-state index in [1.165, 1.54) is 13.2 Å². The average Bonchev–Trinajstić information content (AvgIpc) is 2.85. The molecular formula is C13H12FN3O. The van der Waals surface area contributed by atoms with Crippen molar-refractivity contribution >= 4 is 0 Å². The summed E-state index contributed by atoms with van der Waals surface area (Å²) < 4.78 is 20.6. The predicted octanol–water partition coefficient (Wildman–Crippen LogP) is 2.26. The third-order valence-electron chi connectivity index (χ3n) is 2.80. The largest absolute Gasteiger partial charge is 0.495 e. The molecule has 0 spiro atoms. The van der Waals surface area contributed by atoms with Crippen LogP contribution in [0.5, 0.6) is 5.75 Å². The lowest BCUT2D eigenvalue weighted by Crippen LogP contribution is -2.05. The number of hydrogen-bond donors (Lipinski definition) is 0. The quantitative estimate of drug-likeness (QED) is 0.833. The number of hydrogen-bond acceptors (Lipinski definition) is 3. The van der Waals surface area contributed by atoms with Crippen LogP contribution in [0.1, 0.15) is 16.7 Å². The van der Waals surface area contributed by atoms with E-state index in [2.05, 4.69) is 5.10 Å². The van der Waals surface area contributed by atoms with Crippen LogP contribution in [-0.2, 0) is 6.54 Å². The number of nitriles is 1. The summed E-state index contributed by atoms with van der Waals surface area (Å²) >= 11 is 0. The molecule has 92 valence electrons. The fourth-order valence-electron chi connectivity index (χ4n) is 1.87. The van der Waals surface area contributed by atoms with E-state index in [0.717, 1.165) is 11.1 Å². The summed E-state index contributed by atoms with van der Waals surface area (Å²) in [5.41, 5.74) is 1.44. The number of rotatable bonds is 3. The highest BCUT2D eigenvalue weighted by Crippen LogP contribution is 2.29. The molecule has 0 radical (unpaired) electrons. The van der Waals surface area contributed by atoms with Crippen molar-refractivity contribution in [1.29, 1.82) is 5.26 Å². The van der Waals surface area contributed by atoms with Crippen LogP contribution in [0.3, 0.4) is 0 Å². The number of ether oxygens (including phenoxy) is 1. The molecule has 2 aromatic rings. The normalized spacial score (nSPS) is 10.1. The molecule has 5 heteroatoms. The number of methoxy groups -OCH3 is 1. The maximum absolute atomic E-state index is 13.8. The Hall–Kier alpha value is -2.35. The van der Waals surface area contributed by atoms with Gasteiger partial charge in [-0.2, -0.15) is 10.4 Å². The first-order valence-electron chi connectivity index (χ1n) is 5.41. The molecule has 2 rings (SSSR count). The minimum Gasteiger partial charge on any atom is -0.495 e. The van der Waals surface area contributed by atoms with Crippen LogP contribution < -0.4 is 4.74 Å². The van der Waals surface area contributed by atoms with E-state index < -0.39 is 5.82 Å². The Morgan fingerprint density at radius 3 is 2.89 bits per heavy atom. The maximum atomic E-state index is 13.8. The second kappa shape index (κ2) is 4.88. The van der Waals surface area contributed by atoms with Crippen LogP contribution in [0.15, 0.2) is 24.5 Å². The second-order valence-corrected chi connectivity index (χ2v) is 3.87. The van der Waals surface area contributed by atoms with Crippen molar-refractivity contribution in [2.75, 3.05) is 7.11 Å². The first-order chi connectivity index (χ1) is 8.67. The Balaban J connectivity index is 2.50. The van der Waals surface area contributed by atoms with E-state index in [1.54, 1.807) is 30.1 Å². The van der Waals surface area contributed by atoms with Gasteiger partial charge in [0.25, 0.3) is 0 Å². The summed E-state index contributed by atoms with van der Waals surface area (Å²) in [7, 11) is 1.43. The fourth-order valence-corrected chi connectivity index (χ4v) is 1.87. The number of halogens is 1. The first-order valence-corrected chi connectivity index (χ1v) is 5.41. The third kappa shape index (κ3) is 2.05. The lowest BCUT2D eigenvalue weighted by atomic mass is 10.0. The molecule has 0 saturated carbocycles. The molecule has 0 aliphatic heterocycles. The molecule has 1 heterocycles. The van der Waals surface area contributed by atoms with Crippen LogP contribution in [0, 0.1) is 24.1 Å². The Bertz CT molecular complexity index is 600. The minimum atomic E-state index is -0.567. The Labute approximate surface area is 104 Å². The molecule has 0 N–H and O–H groups in total. The van der Waals surface area contributed by atoms with Crippen molar-refractivity contribution in [1.82, 2.24) is 9.78 Å². The zero-order chi connectivity index (χ0) is 13.1. The first kappa shape index (κ1) is 12.1. The van der Waals surface area contributed by atoms with Crippen molar-refractivity contribution in [3.05, 3.63) is 47.0 Å². The van der Waals surface area contributed by atoms with Crippen molar-refractivity contribution in [2.24, 2.45) is 0 Å². The van der Waals surface area contributed by atoms with Crippen LogP contribution in [0.4, 0.5) is 4.39 Å². The number of benzene rings is 1. The molecule has 18 heavy (non-hydrogen) atoms. The van der Waals surface area contributed by atoms with E-state index in [0.29, 0.717) is 12.3 Å². The smallest absolute Gasteiger partial charge is 0.145 e. The van der Waals surface area contributed by atoms with E-state index in [9.17, 15) is 4.39 Å². The lowest BCUT2D eigenvalue weighted by molar-refractivity contribution is 0.405. The Kier molecular flexibility index (Phi) is 3.28. The Morgan fingerprint density at radius 2 is 2.33 bits per heavy atom. The average molecular weight is 245 g/mol. The number of nitrogens with zero attached hydrogens (tertiary/aromatic N) is 3. The van der Waals surface area contributed by atoms with E-state index >= 15 is 0 Å². The van der Waals surface area contributed by atoms with Gasteiger partial charge in [0.2, 0.25) is 0 Å². The van der Waals surface area contributed by atoms with Crippen molar-refractivity contribution < 1.29 is 9.13 Å². The highest BCUT2D eigenvalue weighted by atomic mass is 19.1. The molecule has 0 amide bonds. The van der Waals surface area contributed by atoms with Gasteiger partial charge in [0.1, 0.15) is 23.2 Å². The zero-order valence-corrected chi connectivity index (χ0v) is 10.1. The van der Waals surface area contributed by atoms with Gasteiger partial charge in [0.15, 0.2) is 0 Å². The molecule has 0 unspecified atom stereocenters. The van der Waals surface area contributed by atoms with Crippen LogP contribution in [0.25, 0.3) is 0 Å². The van der Waals surface area contributed by atoms with Gasteiger partial charge in [0.05, 0.1) is 13.7 Å². The van der Waals surface area contributed by atoms with Crippen molar-refractivity contribution in [2.45, 2.75) is 13.5 Å². The minimum absolute atomic E-state index is 0.0563. The predicted molar refractivity (Wildman–Crippen MR) is 63.7 cm³/mol. The molecule has 1 aromatic carbocycles. The summed E-state index contributed by atoms with van der Waals surface area (Å²) in [4.78, 5) is 0. The molecule has 0 aliphatic carbocycles. The summed E-state index contributed by atoms with van der Waals surface area (Å²) in [5.74, 6) is -0.276. The maximum Gasteiger partial charge on any atom is 0.145 e. The van der Waals surface area contributed by atoms with Gasteiger partial charge in [-0.25, -0.2) is 4.39 Å². The summed E-state index contributed by atoms with van der Waals surface area (Å²) in [6.45, 7) is 2.25. The lowest BCUT2D eigenvalue weighted by Gasteiger charge is -2.13. The molecule has 1 aromatic heterocycles. The second-order valence-electron chi connectivity index (χ2n) is 3.87. The van der Waals surface area contributed by atoms with E-state index in [1.807, 2.05) is 6.07 Å². The molecular weight excluding hydrogens is 233 g/mol. The highest BCUT2D eigenvalue weighted by molar-refractivity contribution is 5.52. The van der Waals surface area contributed by atoms with Gasteiger partial charge in [-0.3, -0.25) is 4.68 Å². The molecule has 0 bridgehead atoms. The molecule has 0 atom stereocenters. The summed E-state index contributed by atoms with van der Waals surface area (Å²) in [5, 5.41) is 13.0. The fraction of sp³-hybridized carbons (Fsp3) is 0.231. The topological polar surface area (TPSA) is 50.8 Å². The van der Waals surface area contributed by atoms with Crippen LogP contribution in [0.2, 0.25) is 0 Å². The van der Waals surface area contributed by atoms with Gasteiger partial charge in [-0.1, -0.05) is 0 Å². The SMILES string of the molecule is COc1c(C)c(Cn2cccn2)cc(F)c1C#N. The van der Waals surface area contributed by atoms with Gasteiger partial charge in [0, 0.05) is 12.4 Å². The van der Waals surface area contributed by atoms with Crippen molar-refractivity contribution in [3.8, 4) is 11.8 Å². The summed E-state index contributed by atoms with van der Waals surface area (Å²) in [6.07, 6.45) is 3.45. The Morgan fingerprint density at radius 1 is 1.56 bits per heavy atom. The standard InChI is InChI=1S/C13H12FN3O/c1-9-10(8-17-5-3-4-16-17)6-12(14)11(7-15)13(9)18-2/h3-6H,8H2,1-2H3. The van der Waals surface area contributed by atoms with Gasteiger partial charge < -0.3 is 4.74 Å². The van der Waals surface area contributed by atoms with Gasteiger partial charge in [-0.05, 0) is 30.2 Å². The van der Waals surface area contributed by atoms with Crippen LogP contribution in [-0.4, -0.2) is 16.9 Å². The molecule has 4 nitrogen and oxygen atoms in total. The molecule has 0 saturated heterocycles. The third-order valence-corrected chi connectivity index (χ3v) is 2.80. The van der Waals surface area contributed by atoms with E-state index in [-0.39, 0.29) is 5.56 Å². The zero-order valence-electron chi connectivity index (χ0n) is 10.1. The van der Waals surface area contributed by atoms with Crippen molar-refractivity contribution in [3.63, 3.8) is 0 Å². The van der Waals surface area contributed by atoms with Gasteiger partial charge >= 0.3 is 0 Å². The number of aromatic nitrogens is 2. The highest BCUT2D eigenvalue weighted by Gasteiger charge is 2.16. The van der Waals surface area contributed by atoms with E-state index in [4.69, 9.17) is 10.00 Å². The van der Waals surface area contributed by atoms with Gasteiger partial charge in [-0.15, -0.1) is 0 Å². The monoisotopic (exact) mass is 245 g/mol. The summed E-state index contributed by atoms with van der Waals surface area (Å²) in [6, 6.07) is 4.98.